The van der Waals surface area contributed by atoms with E-state index in [1.807, 2.05) is 12.1 Å². The van der Waals surface area contributed by atoms with Crippen LogP contribution in [-0.4, -0.2) is 24.7 Å². The highest BCUT2D eigenvalue weighted by Crippen LogP contribution is 2.21. The lowest BCUT2D eigenvalue weighted by molar-refractivity contribution is -0.131. The molecule has 3 heteroatoms. The van der Waals surface area contributed by atoms with E-state index in [9.17, 15) is 4.79 Å². The summed E-state index contributed by atoms with van der Waals surface area (Å²) in [5, 5.41) is 8.61. The van der Waals surface area contributed by atoms with Crippen molar-refractivity contribution in [2.75, 3.05) is 18.5 Å². The van der Waals surface area contributed by atoms with Gasteiger partial charge in [0.2, 0.25) is 0 Å². The molecule has 0 unspecified atom stereocenters. The third-order valence-electron chi connectivity index (χ3n) is 3.09. The summed E-state index contributed by atoms with van der Waals surface area (Å²) in [5.41, 5.74) is 3.29. The van der Waals surface area contributed by atoms with Crippen LogP contribution in [0.4, 0.5) is 5.69 Å². The van der Waals surface area contributed by atoms with E-state index in [-0.39, 0.29) is 0 Å². The number of rotatable bonds is 6. The predicted molar refractivity (Wildman–Crippen MR) is 80.6 cm³/mol. The van der Waals surface area contributed by atoms with E-state index in [0.717, 1.165) is 24.6 Å². The van der Waals surface area contributed by atoms with Crippen LogP contribution >= 0.6 is 0 Å². The second-order valence-corrected chi connectivity index (χ2v) is 5.32. The Morgan fingerprint density at radius 2 is 2.11 bits per heavy atom. The molecule has 1 aromatic rings. The second-order valence-electron chi connectivity index (χ2n) is 5.32. The zero-order valence-corrected chi connectivity index (χ0v) is 12.2. The molecule has 0 amide bonds. The standard InChI is InChI=1S/C16H23NO2/c1-12(2)9-10-17(4)15-7-5-14(11-13(15)3)6-8-16(18)19/h5-8,11-12H,9-10H2,1-4H3,(H,18,19). The van der Waals surface area contributed by atoms with Crippen LogP contribution in [-0.2, 0) is 4.79 Å². The number of anilines is 1. The quantitative estimate of drug-likeness (QED) is 0.796. The van der Waals surface area contributed by atoms with Gasteiger partial charge in [0.05, 0.1) is 0 Å². The van der Waals surface area contributed by atoms with Crippen molar-refractivity contribution in [2.24, 2.45) is 5.92 Å². The van der Waals surface area contributed by atoms with Gasteiger partial charge in [-0.1, -0.05) is 19.9 Å². The maximum absolute atomic E-state index is 10.5. The zero-order chi connectivity index (χ0) is 14.4. The first-order chi connectivity index (χ1) is 8.90. The van der Waals surface area contributed by atoms with E-state index < -0.39 is 5.97 Å². The molecular formula is C16H23NO2. The molecule has 0 aliphatic rings. The Morgan fingerprint density at radius 3 is 2.63 bits per heavy atom. The molecule has 104 valence electrons. The van der Waals surface area contributed by atoms with Crippen LogP contribution in [0.5, 0.6) is 0 Å². The molecule has 0 bridgehead atoms. The molecule has 3 nitrogen and oxygen atoms in total. The summed E-state index contributed by atoms with van der Waals surface area (Å²) in [7, 11) is 2.09. The Balaban J connectivity index is 2.79. The lowest BCUT2D eigenvalue weighted by Crippen LogP contribution is -2.20. The topological polar surface area (TPSA) is 40.5 Å². The molecule has 0 fully saturated rings. The highest BCUT2D eigenvalue weighted by atomic mass is 16.4. The predicted octanol–water partition coefficient (Wildman–Crippen LogP) is 3.58. The van der Waals surface area contributed by atoms with Crippen molar-refractivity contribution in [3.8, 4) is 0 Å². The van der Waals surface area contributed by atoms with Crippen molar-refractivity contribution >= 4 is 17.7 Å². The van der Waals surface area contributed by atoms with Gasteiger partial charge in [0.15, 0.2) is 0 Å². The third kappa shape index (κ3) is 5.16. The molecule has 19 heavy (non-hydrogen) atoms. The van der Waals surface area contributed by atoms with Gasteiger partial charge in [-0.25, -0.2) is 4.79 Å². The average molecular weight is 261 g/mol. The Kier molecular flexibility index (Phi) is 5.61. The fourth-order valence-electron chi connectivity index (χ4n) is 1.95. The lowest BCUT2D eigenvalue weighted by Gasteiger charge is -2.22. The minimum absolute atomic E-state index is 0.695. The van der Waals surface area contributed by atoms with Crippen LogP contribution in [0.2, 0.25) is 0 Å². The van der Waals surface area contributed by atoms with Gasteiger partial charge in [-0.3, -0.25) is 0 Å². The van der Waals surface area contributed by atoms with Crippen LogP contribution in [0.1, 0.15) is 31.4 Å². The molecule has 0 aliphatic heterocycles. The van der Waals surface area contributed by atoms with E-state index in [2.05, 4.69) is 38.8 Å². The smallest absolute Gasteiger partial charge is 0.328 e. The molecular weight excluding hydrogens is 238 g/mol. The summed E-state index contributed by atoms with van der Waals surface area (Å²) in [6.07, 6.45) is 3.95. The lowest BCUT2D eigenvalue weighted by atomic mass is 10.1. The van der Waals surface area contributed by atoms with E-state index in [0.29, 0.717) is 5.92 Å². The van der Waals surface area contributed by atoms with E-state index in [4.69, 9.17) is 5.11 Å². The van der Waals surface area contributed by atoms with Crippen LogP contribution < -0.4 is 4.90 Å². The van der Waals surface area contributed by atoms with Crippen molar-refractivity contribution in [3.05, 3.63) is 35.4 Å². The summed E-state index contributed by atoms with van der Waals surface area (Å²) < 4.78 is 0. The number of carboxylic acid groups (broad SMARTS) is 1. The van der Waals surface area contributed by atoms with E-state index >= 15 is 0 Å². The largest absolute Gasteiger partial charge is 0.478 e. The van der Waals surface area contributed by atoms with Gasteiger partial charge in [-0.15, -0.1) is 0 Å². The number of aliphatic carboxylic acids is 1. The number of nitrogens with zero attached hydrogens (tertiary/aromatic N) is 1. The highest BCUT2D eigenvalue weighted by molar-refractivity contribution is 5.85. The highest BCUT2D eigenvalue weighted by Gasteiger charge is 2.05. The van der Waals surface area contributed by atoms with Crippen LogP contribution in [0.15, 0.2) is 24.3 Å². The first-order valence-electron chi connectivity index (χ1n) is 6.63. The fourth-order valence-corrected chi connectivity index (χ4v) is 1.95. The van der Waals surface area contributed by atoms with Crippen LogP contribution in [0.25, 0.3) is 6.08 Å². The number of hydrogen-bond acceptors (Lipinski definition) is 2. The number of benzene rings is 1. The number of carbonyl (C=O) groups is 1. The van der Waals surface area contributed by atoms with Crippen molar-refractivity contribution < 1.29 is 9.90 Å². The number of carboxylic acids is 1. The van der Waals surface area contributed by atoms with Gasteiger partial charge in [0, 0.05) is 25.4 Å². The second kappa shape index (κ2) is 6.98. The molecule has 0 heterocycles. The van der Waals surface area contributed by atoms with Gasteiger partial charge in [-0.2, -0.15) is 0 Å². The monoisotopic (exact) mass is 261 g/mol. The Bertz CT molecular complexity index is 464. The van der Waals surface area contributed by atoms with Gasteiger partial charge < -0.3 is 10.0 Å². The molecule has 1 aromatic carbocycles. The molecule has 1 N–H and O–H groups in total. The number of hydrogen-bond donors (Lipinski definition) is 1. The average Bonchev–Trinajstić information content (AvgIpc) is 2.33. The van der Waals surface area contributed by atoms with E-state index in [1.54, 1.807) is 6.08 Å². The first-order valence-corrected chi connectivity index (χ1v) is 6.63. The fraction of sp³-hybridized carbons (Fsp3) is 0.438. The van der Waals surface area contributed by atoms with E-state index in [1.165, 1.54) is 11.3 Å². The molecule has 0 saturated carbocycles. The van der Waals surface area contributed by atoms with Crippen molar-refractivity contribution in [1.29, 1.82) is 0 Å². The van der Waals surface area contributed by atoms with Crippen molar-refractivity contribution in [3.63, 3.8) is 0 Å². The minimum Gasteiger partial charge on any atom is -0.478 e. The summed E-state index contributed by atoms with van der Waals surface area (Å²) in [5.74, 6) is -0.226. The molecule has 0 atom stereocenters. The van der Waals surface area contributed by atoms with Gasteiger partial charge >= 0.3 is 5.97 Å². The Morgan fingerprint density at radius 1 is 1.42 bits per heavy atom. The third-order valence-corrected chi connectivity index (χ3v) is 3.09. The Labute approximate surface area is 115 Å². The zero-order valence-electron chi connectivity index (χ0n) is 12.2. The Hall–Kier alpha value is -1.77. The molecule has 0 aromatic heterocycles. The molecule has 0 spiro atoms. The van der Waals surface area contributed by atoms with Gasteiger partial charge in [0.25, 0.3) is 0 Å². The van der Waals surface area contributed by atoms with Gasteiger partial charge in [0.1, 0.15) is 0 Å². The molecule has 0 saturated heterocycles. The molecule has 0 radical (unpaired) electrons. The van der Waals surface area contributed by atoms with Crippen molar-refractivity contribution in [1.82, 2.24) is 0 Å². The minimum atomic E-state index is -0.921. The SMILES string of the molecule is Cc1cc(C=CC(=O)O)ccc1N(C)CCC(C)C. The molecule has 1 rings (SSSR count). The summed E-state index contributed by atoms with van der Waals surface area (Å²) in [6, 6.07) is 6.02. The maximum Gasteiger partial charge on any atom is 0.328 e. The molecule has 0 aliphatic carbocycles. The van der Waals surface area contributed by atoms with Crippen LogP contribution in [0.3, 0.4) is 0 Å². The maximum atomic E-state index is 10.5. The van der Waals surface area contributed by atoms with Crippen LogP contribution in [0, 0.1) is 12.8 Å². The summed E-state index contributed by atoms with van der Waals surface area (Å²) in [4.78, 5) is 12.7. The summed E-state index contributed by atoms with van der Waals surface area (Å²) in [6.45, 7) is 7.53. The van der Waals surface area contributed by atoms with Crippen molar-refractivity contribution in [2.45, 2.75) is 27.2 Å². The van der Waals surface area contributed by atoms with Gasteiger partial charge in [-0.05, 0) is 48.6 Å². The number of aryl methyl sites for hydroxylation is 1. The summed E-state index contributed by atoms with van der Waals surface area (Å²) >= 11 is 0. The normalized spacial score (nSPS) is 11.2. The first kappa shape index (κ1) is 15.3.